The van der Waals surface area contributed by atoms with E-state index in [9.17, 15) is 0 Å². The molecule has 0 saturated carbocycles. The Kier molecular flexibility index (Phi) is 13.5. The van der Waals surface area contributed by atoms with Gasteiger partial charge in [0.05, 0.1) is 16.7 Å². The van der Waals surface area contributed by atoms with Gasteiger partial charge in [0, 0.05) is 49.8 Å². The molecule has 0 aliphatic heterocycles. The Labute approximate surface area is 457 Å². The summed E-state index contributed by atoms with van der Waals surface area (Å²) in [4.78, 5) is 5.18. The van der Waals surface area contributed by atoms with Crippen LogP contribution in [0.15, 0.2) is 182 Å². The van der Waals surface area contributed by atoms with Gasteiger partial charge in [-0.3, -0.25) is 4.57 Å². The fourth-order valence-corrected chi connectivity index (χ4v) is 10.3. The molecule has 0 saturated heterocycles. The standard InChI is InChI=1S/C69H64N4O.Pt/c1-45(2)59-42-65(70-43-60(59)47-31-33-49(34-32-47)67(3,4)5)73-61-28-16-15-25-57(61)58-36-35-54(41-64(58)73)74-53-24-19-23-52(40-53)71-44-72(63-30-18-17-29-62(63)71)66-55(46-21-13-12-14-22-46)26-20-27-56(66)48-37-50(68(6,7)8)39-51(38-48)69(9,10)11;/h12-39,42-43,45H,1-11H3;/q-2;. The van der Waals surface area contributed by atoms with Crippen LogP contribution < -0.4 is 9.30 Å². The zero-order chi connectivity index (χ0) is 51.7. The first-order chi connectivity index (χ1) is 35.4. The van der Waals surface area contributed by atoms with E-state index in [1.165, 1.54) is 33.4 Å². The van der Waals surface area contributed by atoms with Crippen LogP contribution in [-0.4, -0.2) is 14.1 Å². The summed E-state index contributed by atoms with van der Waals surface area (Å²) in [5, 5.41) is 2.21. The SMILES string of the molecule is CC(C)c1cc(-n2c3[c-]c(Oc4[c-]c(-n5[c-][n+](-c6c(-c7ccccc7)cccc6-c6cc(C(C)(C)C)cc(C(C)(C)C)c6)c6ccccc65)ccc4)ccc3c3ccccc32)ncc1-c1ccc(C(C)(C)C)cc1.[Pt]. The Balaban J connectivity index is 0.00000641. The van der Waals surface area contributed by atoms with Crippen LogP contribution in [0.2, 0.25) is 0 Å². The molecular formula is C69H64N4OPt-2. The van der Waals surface area contributed by atoms with Crippen LogP contribution in [-0.2, 0) is 37.3 Å². The van der Waals surface area contributed by atoms with Crippen molar-refractivity contribution in [2.75, 3.05) is 0 Å². The third kappa shape index (κ3) is 9.80. The summed E-state index contributed by atoms with van der Waals surface area (Å²) in [6.45, 7) is 25.1. The molecule has 8 aromatic carbocycles. The van der Waals surface area contributed by atoms with Crippen LogP contribution in [0.4, 0.5) is 0 Å². The van der Waals surface area contributed by atoms with Crippen LogP contribution in [0.5, 0.6) is 11.5 Å². The molecule has 0 N–H and O–H groups in total. The molecule has 3 heterocycles. The maximum absolute atomic E-state index is 6.76. The Morgan fingerprint density at radius 2 is 1.11 bits per heavy atom. The molecule has 0 atom stereocenters. The van der Waals surface area contributed by atoms with Crippen molar-refractivity contribution < 1.29 is 30.4 Å². The van der Waals surface area contributed by atoms with E-state index in [4.69, 9.17) is 9.72 Å². The van der Waals surface area contributed by atoms with Crippen molar-refractivity contribution in [3.8, 4) is 62.1 Å². The largest absolute Gasteiger partial charge is 0.510 e. The fourth-order valence-electron chi connectivity index (χ4n) is 10.3. The number of fused-ring (bicyclic) bond motifs is 4. The van der Waals surface area contributed by atoms with Crippen molar-refractivity contribution in [2.24, 2.45) is 0 Å². The minimum Gasteiger partial charge on any atom is -0.510 e. The summed E-state index contributed by atoms with van der Waals surface area (Å²) in [6, 6.07) is 70.3. The Hall–Kier alpha value is -7.33. The van der Waals surface area contributed by atoms with E-state index in [-0.39, 0.29) is 43.2 Å². The second-order valence-corrected chi connectivity index (χ2v) is 23.2. The first-order valence-corrected chi connectivity index (χ1v) is 26.0. The summed E-state index contributed by atoms with van der Waals surface area (Å²) in [5.74, 6) is 2.26. The van der Waals surface area contributed by atoms with Crippen LogP contribution in [0, 0.1) is 18.5 Å². The average Bonchev–Trinajstić information content (AvgIpc) is 3.94. The molecule has 0 amide bonds. The molecule has 5 nitrogen and oxygen atoms in total. The van der Waals surface area contributed by atoms with Crippen LogP contribution in [0.25, 0.3) is 83.4 Å². The number of rotatable bonds is 9. The molecule has 75 heavy (non-hydrogen) atoms. The number of hydrogen-bond donors (Lipinski definition) is 0. The van der Waals surface area contributed by atoms with Crippen LogP contribution >= 0.6 is 0 Å². The molecule has 3 aromatic heterocycles. The van der Waals surface area contributed by atoms with E-state index < -0.39 is 0 Å². The van der Waals surface area contributed by atoms with Gasteiger partial charge in [0.15, 0.2) is 0 Å². The third-order valence-electron chi connectivity index (χ3n) is 14.5. The van der Waals surface area contributed by atoms with E-state index in [0.717, 1.165) is 72.3 Å². The molecule has 0 spiro atoms. The normalized spacial score (nSPS) is 12.2. The average molecular weight is 1160 g/mol. The van der Waals surface area contributed by atoms with Crippen molar-refractivity contribution in [1.29, 1.82) is 0 Å². The fraction of sp³-hybridized carbons (Fsp3) is 0.217. The van der Waals surface area contributed by atoms with Gasteiger partial charge in [-0.05, 0) is 95.4 Å². The summed E-state index contributed by atoms with van der Waals surface area (Å²) in [5.41, 5.74) is 17.9. The summed E-state index contributed by atoms with van der Waals surface area (Å²) in [6.07, 6.45) is 5.89. The zero-order valence-electron chi connectivity index (χ0n) is 44.9. The molecular weight excluding hydrogens is 1100 g/mol. The van der Waals surface area contributed by atoms with Gasteiger partial charge in [-0.25, -0.2) is 4.98 Å². The number of nitrogens with zero attached hydrogens (tertiary/aromatic N) is 4. The van der Waals surface area contributed by atoms with Crippen LogP contribution in [0.3, 0.4) is 0 Å². The molecule has 378 valence electrons. The number of benzene rings is 8. The summed E-state index contributed by atoms with van der Waals surface area (Å²) in [7, 11) is 0. The second kappa shape index (κ2) is 19.7. The van der Waals surface area contributed by atoms with Crippen molar-refractivity contribution in [3.05, 3.63) is 223 Å². The smallest absolute Gasteiger partial charge is 0.268 e. The number of para-hydroxylation sites is 4. The first kappa shape index (κ1) is 51.2. The summed E-state index contributed by atoms with van der Waals surface area (Å²) >= 11 is 0. The molecule has 0 fully saturated rings. The van der Waals surface area contributed by atoms with Gasteiger partial charge >= 0.3 is 0 Å². The van der Waals surface area contributed by atoms with Crippen molar-refractivity contribution in [3.63, 3.8) is 0 Å². The van der Waals surface area contributed by atoms with E-state index in [1.54, 1.807) is 0 Å². The molecule has 0 unspecified atom stereocenters. The van der Waals surface area contributed by atoms with E-state index in [2.05, 4.69) is 266 Å². The predicted octanol–water partition coefficient (Wildman–Crippen LogP) is 17.6. The number of aromatic nitrogens is 4. The molecule has 11 rings (SSSR count). The summed E-state index contributed by atoms with van der Waals surface area (Å²) < 4.78 is 13.3. The molecule has 0 aliphatic rings. The quantitative estimate of drug-likeness (QED) is 0.107. The van der Waals surface area contributed by atoms with E-state index in [0.29, 0.717) is 11.5 Å². The maximum atomic E-state index is 6.76. The first-order valence-electron chi connectivity index (χ1n) is 26.0. The van der Waals surface area contributed by atoms with Gasteiger partial charge in [-0.1, -0.05) is 215 Å². The minimum absolute atomic E-state index is 0. The second-order valence-electron chi connectivity index (χ2n) is 23.2. The number of imidazole rings is 1. The van der Waals surface area contributed by atoms with Gasteiger partial charge in [0.1, 0.15) is 5.82 Å². The third-order valence-corrected chi connectivity index (χ3v) is 14.5. The molecule has 0 radical (unpaired) electrons. The Morgan fingerprint density at radius 1 is 0.507 bits per heavy atom. The number of hydrogen-bond acceptors (Lipinski definition) is 2. The predicted molar refractivity (Wildman–Crippen MR) is 306 cm³/mol. The van der Waals surface area contributed by atoms with Gasteiger partial charge < -0.3 is 13.9 Å². The Bertz CT molecular complexity index is 3860. The molecule has 0 bridgehead atoms. The topological polar surface area (TPSA) is 35.9 Å². The van der Waals surface area contributed by atoms with Gasteiger partial charge in [-0.15, -0.1) is 29.7 Å². The van der Waals surface area contributed by atoms with Crippen molar-refractivity contribution in [2.45, 2.75) is 98.3 Å². The van der Waals surface area contributed by atoms with Gasteiger partial charge in [0.2, 0.25) is 0 Å². The zero-order valence-corrected chi connectivity index (χ0v) is 47.2. The maximum Gasteiger partial charge on any atom is 0.268 e. The molecule has 11 aromatic rings. The molecule has 6 heteroatoms. The molecule has 0 aliphatic carbocycles. The van der Waals surface area contributed by atoms with Gasteiger partial charge in [0.25, 0.3) is 6.33 Å². The van der Waals surface area contributed by atoms with Crippen molar-refractivity contribution >= 4 is 32.8 Å². The van der Waals surface area contributed by atoms with Crippen molar-refractivity contribution in [1.82, 2.24) is 14.1 Å². The van der Waals surface area contributed by atoms with E-state index in [1.807, 2.05) is 24.4 Å². The Morgan fingerprint density at radius 3 is 1.79 bits per heavy atom. The number of ether oxygens (including phenoxy) is 1. The van der Waals surface area contributed by atoms with Gasteiger partial charge in [-0.2, -0.15) is 18.2 Å². The monoisotopic (exact) mass is 1160 g/mol. The van der Waals surface area contributed by atoms with Crippen LogP contribution in [0.1, 0.15) is 104 Å². The number of pyridine rings is 1. The van der Waals surface area contributed by atoms with E-state index >= 15 is 0 Å². The minimum atomic E-state index is -0.0470.